The third-order valence-corrected chi connectivity index (χ3v) is 3.93. The van der Waals surface area contributed by atoms with E-state index in [0.717, 1.165) is 36.1 Å². The van der Waals surface area contributed by atoms with Crippen LogP contribution in [0.25, 0.3) is 0 Å². The Kier molecular flexibility index (Phi) is 3.88. The molecule has 1 aromatic carbocycles. The van der Waals surface area contributed by atoms with E-state index in [-0.39, 0.29) is 12.1 Å². The van der Waals surface area contributed by atoms with Crippen LogP contribution in [0.1, 0.15) is 36.8 Å². The van der Waals surface area contributed by atoms with Gasteiger partial charge in [-0.15, -0.1) is 0 Å². The van der Waals surface area contributed by atoms with Gasteiger partial charge in [-0.25, -0.2) is 0 Å². The van der Waals surface area contributed by atoms with Gasteiger partial charge in [0.25, 0.3) is 0 Å². The molecule has 2 atom stereocenters. The number of aliphatic hydroxyl groups excluding tert-OH is 1. The van der Waals surface area contributed by atoms with Gasteiger partial charge in [-0.2, -0.15) is 5.26 Å². The molecular formula is C15H20N2O. The van der Waals surface area contributed by atoms with Crippen molar-refractivity contribution in [3.63, 3.8) is 0 Å². The van der Waals surface area contributed by atoms with Gasteiger partial charge in [0.2, 0.25) is 0 Å². The quantitative estimate of drug-likeness (QED) is 0.870. The van der Waals surface area contributed by atoms with Gasteiger partial charge in [0.1, 0.15) is 0 Å². The molecule has 2 rings (SSSR count). The van der Waals surface area contributed by atoms with Crippen LogP contribution >= 0.6 is 0 Å². The summed E-state index contributed by atoms with van der Waals surface area (Å²) in [6.07, 6.45) is 4.00. The van der Waals surface area contributed by atoms with Crippen molar-refractivity contribution >= 4 is 5.69 Å². The highest BCUT2D eigenvalue weighted by atomic mass is 16.3. The van der Waals surface area contributed by atoms with Gasteiger partial charge >= 0.3 is 0 Å². The van der Waals surface area contributed by atoms with Crippen molar-refractivity contribution in [3.8, 4) is 6.07 Å². The lowest BCUT2D eigenvalue weighted by Crippen LogP contribution is -2.43. The summed E-state index contributed by atoms with van der Waals surface area (Å²) in [4.78, 5) is 2.15. The highest BCUT2D eigenvalue weighted by Crippen LogP contribution is 2.27. The fourth-order valence-corrected chi connectivity index (χ4v) is 2.73. The number of nitrogens with zero attached hydrogens (tertiary/aromatic N) is 2. The van der Waals surface area contributed by atoms with Crippen LogP contribution in [0.15, 0.2) is 18.2 Å². The van der Waals surface area contributed by atoms with E-state index in [2.05, 4.69) is 11.0 Å². The van der Waals surface area contributed by atoms with Gasteiger partial charge in [-0.3, -0.25) is 0 Å². The smallest absolute Gasteiger partial charge is 0.0994 e. The molecule has 0 saturated heterocycles. The lowest BCUT2D eigenvalue weighted by atomic mass is 9.91. The monoisotopic (exact) mass is 244 g/mol. The fraction of sp³-hybridized carbons (Fsp3) is 0.533. The van der Waals surface area contributed by atoms with Gasteiger partial charge in [-0.1, -0.05) is 12.8 Å². The first-order valence-electron chi connectivity index (χ1n) is 6.55. The molecular weight excluding hydrogens is 224 g/mol. The third kappa shape index (κ3) is 2.49. The third-order valence-electron chi connectivity index (χ3n) is 3.93. The molecule has 0 radical (unpaired) electrons. The number of benzene rings is 1. The SMILES string of the molecule is Cc1cc(N(C)C2CCCCC2O)ccc1C#N. The summed E-state index contributed by atoms with van der Waals surface area (Å²) in [6, 6.07) is 8.23. The fourth-order valence-electron chi connectivity index (χ4n) is 2.73. The van der Waals surface area contributed by atoms with Gasteiger partial charge in [0.15, 0.2) is 0 Å². The average Bonchev–Trinajstić information content (AvgIpc) is 2.38. The highest BCUT2D eigenvalue weighted by molar-refractivity contribution is 5.53. The summed E-state index contributed by atoms with van der Waals surface area (Å²) in [5.74, 6) is 0. The Hall–Kier alpha value is -1.53. The van der Waals surface area contributed by atoms with Crippen molar-refractivity contribution in [2.45, 2.75) is 44.8 Å². The summed E-state index contributed by atoms with van der Waals surface area (Å²) < 4.78 is 0. The van der Waals surface area contributed by atoms with Crippen LogP contribution in [0.3, 0.4) is 0 Å². The molecule has 1 fully saturated rings. The standard InChI is InChI=1S/C15H20N2O/c1-11-9-13(8-7-12(11)10-16)17(2)14-5-3-4-6-15(14)18/h7-9,14-15,18H,3-6H2,1-2H3. The summed E-state index contributed by atoms with van der Waals surface area (Å²) >= 11 is 0. The van der Waals surface area contributed by atoms with Crippen LogP contribution < -0.4 is 4.90 Å². The number of hydrogen-bond donors (Lipinski definition) is 1. The molecule has 0 spiro atoms. The molecule has 1 aliphatic carbocycles. The topological polar surface area (TPSA) is 47.3 Å². The summed E-state index contributed by atoms with van der Waals surface area (Å²) in [6.45, 7) is 1.95. The predicted octanol–water partition coefficient (Wildman–Crippen LogP) is 2.61. The van der Waals surface area contributed by atoms with Crippen LogP contribution in [0.2, 0.25) is 0 Å². The van der Waals surface area contributed by atoms with Crippen molar-refractivity contribution < 1.29 is 5.11 Å². The molecule has 0 heterocycles. The van der Waals surface area contributed by atoms with E-state index in [9.17, 15) is 5.11 Å². The van der Waals surface area contributed by atoms with Gasteiger partial charge in [0.05, 0.1) is 23.8 Å². The van der Waals surface area contributed by atoms with Crippen LogP contribution in [0.4, 0.5) is 5.69 Å². The zero-order valence-corrected chi connectivity index (χ0v) is 11.1. The van der Waals surface area contributed by atoms with Gasteiger partial charge < -0.3 is 10.0 Å². The van der Waals surface area contributed by atoms with E-state index in [4.69, 9.17) is 5.26 Å². The van der Waals surface area contributed by atoms with Crippen LogP contribution in [-0.4, -0.2) is 24.3 Å². The summed E-state index contributed by atoms with van der Waals surface area (Å²) in [5, 5.41) is 19.0. The number of aryl methyl sites for hydroxylation is 1. The lowest BCUT2D eigenvalue weighted by Gasteiger charge is -2.36. The Morgan fingerprint density at radius 3 is 2.67 bits per heavy atom. The zero-order valence-electron chi connectivity index (χ0n) is 11.1. The van der Waals surface area contributed by atoms with Gasteiger partial charge in [-0.05, 0) is 43.5 Å². The Morgan fingerprint density at radius 1 is 1.33 bits per heavy atom. The summed E-state index contributed by atoms with van der Waals surface area (Å²) in [5.41, 5.74) is 2.79. The van der Waals surface area contributed by atoms with Crippen LogP contribution in [0, 0.1) is 18.3 Å². The van der Waals surface area contributed by atoms with Crippen molar-refractivity contribution in [2.24, 2.45) is 0 Å². The molecule has 3 nitrogen and oxygen atoms in total. The highest BCUT2D eigenvalue weighted by Gasteiger charge is 2.26. The van der Waals surface area contributed by atoms with E-state index < -0.39 is 0 Å². The minimum atomic E-state index is -0.236. The number of likely N-dealkylation sites (N-methyl/N-ethyl adjacent to an activating group) is 1. The summed E-state index contributed by atoms with van der Waals surface area (Å²) in [7, 11) is 2.03. The van der Waals surface area contributed by atoms with E-state index in [0.29, 0.717) is 0 Å². The van der Waals surface area contributed by atoms with Crippen molar-refractivity contribution in [3.05, 3.63) is 29.3 Å². The number of anilines is 1. The second-order valence-corrected chi connectivity index (χ2v) is 5.14. The largest absolute Gasteiger partial charge is 0.391 e. The van der Waals surface area contributed by atoms with Crippen molar-refractivity contribution in [1.29, 1.82) is 5.26 Å². The second-order valence-electron chi connectivity index (χ2n) is 5.14. The number of rotatable bonds is 2. The Morgan fingerprint density at radius 2 is 2.06 bits per heavy atom. The molecule has 3 heteroatoms. The minimum Gasteiger partial charge on any atom is -0.391 e. The number of aliphatic hydroxyl groups is 1. The lowest BCUT2D eigenvalue weighted by molar-refractivity contribution is 0.106. The maximum absolute atomic E-state index is 10.1. The minimum absolute atomic E-state index is 0.200. The number of hydrogen-bond acceptors (Lipinski definition) is 3. The first-order chi connectivity index (χ1) is 8.63. The first kappa shape index (κ1) is 12.9. The maximum Gasteiger partial charge on any atom is 0.0994 e. The molecule has 18 heavy (non-hydrogen) atoms. The molecule has 0 aliphatic heterocycles. The molecule has 1 saturated carbocycles. The Balaban J connectivity index is 2.20. The number of nitriles is 1. The van der Waals surface area contributed by atoms with Crippen molar-refractivity contribution in [1.82, 2.24) is 0 Å². The average molecular weight is 244 g/mol. The maximum atomic E-state index is 10.1. The Labute approximate surface area is 109 Å². The van der Waals surface area contributed by atoms with E-state index in [1.807, 2.05) is 32.2 Å². The molecule has 2 unspecified atom stereocenters. The molecule has 0 bridgehead atoms. The molecule has 96 valence electrons. The van der Waals surface area contributed by atoms with E-state index >= 15 is 0 Å². The van der Waals surface area contributed by atoms with Crippen LogP contribution in [0.5, 0.6) is 0 Å². The molecule has 1 aliphatic rings. The first-order valence-corrected chi connectivity index (χ1v) is 6.55. The normalized spacial score (nSPS) is 23.4. The molecule has 0 aromatic heterocycles. The predicted molar refractivity (Wildman–Crippen MR) is 72.6 cm³/mol. The molecule has 1 N–H and O–H groups in total. The van der Waals surface area contributed by atoms with Crippen molar-refractivity contribution in [2.75, 3.05) is 11.9 Å². The second kappa shape index (κ2) is 5.41. The van der Waals surface area contributed by atoms with Gasteiger partial charge in [0, 0.05) is 12.7 Å². The van der Waals surface area contributed by atoms with E-state index in [1.165, 1.54) is 6.42 Å². The molecule has 0 amide bonds. The van der Waals surface area contributed by atoms with E-state index in [1.54, 1.807) is 0 Å². The Bertz CT molecular complexity index is 464. The zero-order chi connectivity index (χ0) is 13.1. The molecule has 1 aromatic rings. The van der Waals surface area contributed by atoms with Crippen LogP contribution in [-0.2, 0) is 0 Å².